The third-order valence-corrected chi connectivity index (χ3v) is 9.10. The van der Waals surface area contributed by atoms with Gasteiger partial charge in [0.25, 0.3) is 5.91 Å². The molecule has 0 aromatic heterocycles. The zero-order valence-corrected chi connectivity index (χ0v) is 22.9. The smallest absolute Gasteiger partial charge is 0.254 e. The highest BCUT2D eigenvalue weighted by Gasteiger charge is 2.38. The first-order valence-electron chi connectivity index (χ1n) is 14.8. The molecule has 3 nitrogen and oxygen atoms in total. The van der Waals surface area contributed by atoms with E-state index in [-0.39, 0.29) is 5.91 Å². The highest BCUT2D eigenvalue weighted by molar-refractivity contribution is 6.07. The highest BCUT2D eigenvalue weighted by Crippen LogP contribution is 2.36. The van der Waals surface area contributed by atoms with Crippen LogP contribution in [0, 0.1) is 11.8 Å². The number of likely N-dealkylation sites (tertiary alicyclic amines) is 2. The summed E-state index contributed by atoms with van der Waals surface area (Å²) in [7, 11) is 0. The number of piperidine rings is 1. The van der Waals surface area contributed by atoms with E-state index in [1.54, 1.807) is 0 Å². The Balaban J connectivity index is 1.09. The Morgan fingerprint density at radius 2 is 1.44 bits per heavy atom. The predicted molar refractivity (Wildman–Crippen MR) is 161 cm³/mol. The van der Waals surface area contributed by atoms with Crippen molar-refractivity contribution in [1.82, 2.24) is 9.80 Å². The quantitative estimate of drug-likeness (QED) is 0.243. The number of carbonyl (C=O) groups excluding carboxylic acids is 1. The van der Waals surface area contributed by atoms with Gasteiger partial charge in [-0.15, -0.1) is 0 Å². The van der Waals surface area contributed by atoms with Crippen LogP contribution in [0.2, 0.25) is 0 Å². The maximum Gasteiger partial charge on any atom is 0.254 e. The summed E-state index contributed by atoms with van der Waals surface area (Å²) in [5.41, 5.74) is 3.66. The van der Waals surface area contributed by atoms with E-state index in [4.69, 9.17) is 0 Å². The minimum atomic E-state index is 0.173. The lowest BCUT2D eigenvalue weighted by Crippen LogP contribution is -2.39. The van der Waals surface area contributed by atoms with Gasteiger partial charge >= 0.3 is 0 Å². The number of hydrogen-bond acceptors (Lipinski definition) is 2. The molecule has 2 fully saturated rings. The van der Waals surface area contributed by atoms with Crippen LogP contribution in [0.15, 0.2) is 103 Å². The van der Waals surface area contributed by atoms with E-state index in [9.17, 15) is 4.79 Å². The second-order valence-electron chi connectivity index (χ2n) is 11.6. The summed E-state index contributed by atoms with van der Waals surface area (Å²) in [6.45, 7) is 5.08. The third-order valence-electron chi connectivity index (χ3n) is 9.10. The van der Waals surface area contributed by atoms with Crippen molar-refractivity contribution in [1.29, 1.82) is 0 Å². The first-order chi connectivity index (χ1) is 19.2. The summed E-state index contributed by atoms with van der Waals surface area (Å²) in [6, 6.07) is 36.1. The number of fused-ring (bicyclic) bond motifs is 1. The number of carbonyl (C=O) groups is 1. The summed E-state index contributed by atoms with van der Waals surface area (Å²) in [6.07, 6.45) is 6.43. The molecule has 4 aromatic carbocycles. The molecule has 4 aromatic rings. The lowest BCUT2D eigenvalue weighted by Gasteiger charge is -2.34. The minimum Gasteiger partial charge on any atom is -0.338 e. The van der Waals surface area contributed by atoms with Gasteiger partial charge in [-0.05, 0) is 78.6 Å². The van der Waals surface area contributed by atoms with Crippen molar-refractivity contribution in [2.24, 2.45) is 11.8 Å². The van der Waals surface area contributed by atoms with Crippen LogP contribution in [0.25, 0.3) is 10.8 Å². The van der Waals surface area contributed by atoms with Crippen molar-refractivity contribution < 1.29 is 4.79 Å². The number of benzene rings is 4. The Morgan fingerprint density at radius 3 is 2.23 bits per heavy atom. The Labute approximate surface area is 233 Å². The van der Waals surface area contributed by atoms with Crippen molar-refractivity contribution in [3.8, 4) is 0 Å². The Hall–Kier alpha value is -3.43. The van der Waals surface area contributed by atoms with Crippen molar-refractivity contribution in [2.75, 3.05) is 32.7 Å². The lowest BCUT2D eigenvalue weighted by molar-refractivity contribution is 0.0782. The van der Waals surface area contributed by atoms with E-state index >= 15 is 0 Å². The molecule has 39 heavy (non-hydrogen) atoms. The summed E-state index contributed by atoms with van der Waals surface area (Å²) >= 11 is 0. The van der Waals surface area contributed by atoms with Crippen molar-refractivity contribution in [3.05, 3.63) is 120 Å². The fourth-order valence-corrected chi connectivity index (χ4v) is 6.91. The molecule has 0 bridgehead atoms. The summed E-state index contributed by atoms with van der Waals surface area (Å²) < 4.78 is 0. The Kier molecular flexibility index (Phi) is 8.06. The van der Waals surface area contributed by atoms with Crippen LogP contribution in [0.4, 0.5) is 0 Å². The van der Waals surface area contributed by atoms with Crippen LogP contribution in [0.5, 0.6) is 0 Å². The molecule has 0 N–H and O–H groups in total. The number of hydrogen-bond donors (Lipinski definition) is 0. The molecule has 2 atom stereocenters. The van der Waals surface area contributed by atoms with Gasteiger partial charge in [0.15, 0.2) is 0 Å². The number of aryl methyl sites for hydroxylation is 1. The van der Waals surface area contributed by atoms with Crippen LogP contribution in [-0.4, -0.2) is 48.4 Å². The third kappa shape index (κ3) is 6.09. The summed E-state index contributed by atoms with van der Waals surface area (Å²) in [4.78, 5) is 18.6. The van der Waals surface area contributed by atoms with Crippen LogP contribution < -0.4 is 0 Å². The molecule has 2 unspecified atom stereocenters. The molecule has 6 rings (SSSR count). The molecule has 0 aliphatic carbocycles. The Morgan fingerprint density at radius 1 is 0.744 bits per heavy atom. The van der Waals surface area contributed by atoms with Gasteiger partial charge in [-0.25, -0.2) is 0 Å². The molecule has 0 saturated carbocycles. The fraction of sp³-hybridized carbons (Fsp3) is 0.361. The molecule has 2 heterocycles. The van der Waals surface area contributed by atoms with Gasteiger partial charge in [-0.1, -0.05) is 103 Å². The predicted octanol–water partition coefficient (Wildman–Crippen LogP) is 7.43. The molecular weight excluding hydrogens is 476 g/mol. The van der Waals surface area contributed by atoms with Crippen LogP contribution in [-0.2, 0) is 6.42 Å². The molecule has 2 aliphatic heterocycles. The zero-order chi connectivity index (χ0) is 26.4. The normalized spacial score (nSPS) is 20.5. The first-order valence-corrected chi connectivity index (χ1v) is 14.8. The molecule has 2 aliphatic rings. The van der Waals surface area contributed by atoms with Crippen molar-refractivity contribution >= 4 is 16.7 Å². The van der Waals surface area contributed by atoms with Gasteiger partial charge in [0.05, 0.1) is 0 Å². The second-order valence-corrected chi connectivity index (χ2v) is 11.6. The number of amides is 1. The minimum absolute atomic E-state index is 0.173. The van der Waals surface area contributed by atoms with Crippen molar-refractivity contribution in [3.63, 3.8) is 0 Å². The van der Waals surface area contributed by atoms with E-state index in [0.29, 0.717) is 11.8 Å². The number of nitrogens with zero attached hydrogens (tertiary/aromatic N) is 2. The average Bonchev–Trinajstić information content (AvgIpc) is 3.42. The maximum atomic E-state index is 13.8. The highest BCUT2D eigenvalue weighted by atomic mass is 16.2. The van der Waals surface area contributed by atoms with Gasteiger partial charge in [0, 0.05) is 31.1 Å². The molecule has 200 valence electrons. The lowest BCUT2D eigenvalue weighted by atomic mass is 9.87. The van der Waals surface area contributed by atoms with Crippen LogP contribution >= 0.6 is 0 Å². The topological polar surface area (TPSA) is 23.6 Å². The van der Waals surface area contributed by atoms with Crippen LogP contribution in [0.1, 0.15) is 53.1 Å². The fourth-order valence-electron chi connectivity index (χ4n) is 6.91. The monoisotopic (exact) mass is 516 g/mol. The zero-order valence-electron chi connectivity index (χ0n) is 22.9. The van der Waals surface area contributed by atoms with E-state index in [0.717, 1.165) is 41.9 Å². The van der Waals surface area contributed by atoms with E-state index in [1.807, 2.05) is 24.3 Å². The first kappa shape index (κ1) is 25.8. The number of rotatable bonds is 8. The van der Waals surface area contributed by atoms with Crippen molar-refractivity contribution in [2.45, 2.75) is 38.0 Å². The standard InChI is InChI=1S/C36H40N2O/c39-36(34-20-10-18-30-17-7-8-19-33(30)34)38-26-32(35(27-38)31-15-5-2-6-16-31)25-37-23-21-29(22-24-37)14-9-13-28-11-3-1-4-12-28/h1-8,10-12,15-20,29,32,35H,9,13-14,21-27H2. The van der Waals surface area contributed by atoms with Gasteiger partial charge < -0.3 is 9.80 Å². The SMILES string of the molecule is O=C(c1cccc2ccccc12)N1CC(CN2CCC(CCCc3ccccc3)CC2)C(c2ccccc2)C1. The molecule has 0 spiro atoms. The average molecular weight is 517 g/mol. The van der Waals surface area contributed by atoms with Gasteiger partial charge in [0.1, 0.15) is 0 Å². The van der Waals surface area contributed by atoms with Gasteiger partial charge in [-0.3, -0.25) is 4.79 Å². The molecular formula is C36H40N2O. The van der Waals surface area contributed by atoms with Gasteiger partial charge in [-0.2, -0.15) is 0 Å². The summed E-state index contributed by atoms with van der Waals surface area (Å²) in [5.74, 6) is 1.87. The second kappa shape index (κ2) is 12.2. The maximum absolute atomic E-state index is 13.8. The molecule has 3 heteroatoms. The molecule has 1 amide bonds. The molecule has 2 saturated heterocycles. The van der Waals surface area contributed by atoms with E-state index in [2.05, 4.69) is 88.7 Å². The van der Waals surface area contributed by atoms with E-state index < -0.39 is 0 Å². The molecule has 0 radical (unpaired) electrons. The Bertz CT molecular complexity index is 1360. The van der Waals surface area contributed by atoms with Gasteiger partial charge in [0.2, 0.25) is 0 Å². The van der Waals surface area contributed by atoms with E-state index in [1.165, 1.54) is 56.3 Å². The largest absolute Gasteiger partial charge is 0.338 e. The van der Waals surface area contributed by atoms with Crippen LogP contribution in [0.3, 0.4) is 0 Å². The summed E-state index contributed by atoms with van der Waals surface area (Å²) in [5, 5.41) is 2.18.